The van der Waals surface area contributed by atoms with Gasteiger partial charge in [-0.15, -0.1) is 6.58 Å². The molecular weight excluding hydrogens is 148 g/mol. The van der Waals surface area contributed by atoms with E-state index in [1.807, 2.05) is 0 Å². The monoisotopic (exact) mass is 164 g/mol. The van der Waals surface area contributed by atoms with E-state index >= 15 is 0 Å². The van der Waals surface area contributed by atoms with Crippen molar-refractivity contribution in [2.45, 2.75) is 33.1 Å². The van der Waals surface area contributed by atoms with Crippen LogP contribution < -0.4 is 0 Å². The van der Waals surface area contributed by atoms with Gasteiger partial charge in [0.1, 0.15) is 6.29 Å². The highest BCUT2D eigenvalue weighted by Gasteiger charge is 2.29. The van der Waals surface area contributed by atoms with Gasteiger partial charge in [0.15, 0.2) is 0 Å². The number of carbonyl (C=O) groups is 1. The molecule has 66 valence electrons. The van der Waals surface area contributed by atoms with E-state index in [4.69, 9.17) is 0 Å². The first-order chi connectivity index (χ1) is 5.63. The minimum Gasteiger partial charge on any atom is -0.302 e. The third kappa shape index (κ3) is 1.50. The first-order valence-corrected chi connectivity index (χ1v) is 4.39. The highest BCUT2D eigenvalue weighted by Crippen LogP contribution is 2.38. The van der Waals surface area contributed by atoms with Crippen LogP contribution in [-0.4, -0.2) is 6.29 Å². The number of hydrogen-bond donors (Lipinski definition) is 0. The van der Waals surface area contributed by atoms with E-state index in [1.165, 1.54) is 11.1 Å². The lowest BCUT2D eigenvalue weighted by molar-refractivity contribution is -0.114. The second-order valence-electron chi connectivity index (χ2n) is 3.79. The molecule has 1 aliphatic rings. The standard InChI is InChI=1S/C11H16O/c1-4-11(8-12)6-5-9(2)10(3)7-11/h4,8H,1,5-7H2,2-3H3. The number of hydrogen-bond acceptors (Lipinski definition) is 1. The van der Waals surface area contributed by atoms with Gasteiger partial charge >= 0.3 is 0 Å². The SMILES string of the molecule is C=CC1(C=O)CCC(C)=C(C)C1. The van der Waals surface area contributed by atoms with Crippen molar-refractivity contribution in [1.29, 1.82) is 0 Å². The van der Waals surface area contributed by atoms with Crippen LogP contribution in [-0.2, 0) is 4.79 Å². The van der Waals surface area contributed by atoms with Crippen LogP contribution in [0.1, 0.15) is 33.1 Å². The van der Waals surface area contributed by atoms with Crippen molar-refractivity contribution in [2.75, 3.05) is 0 Å². The largest absolute Gasteiger partial charge is 0.302 e. The summed E-state index contributed by atoms with van der Waals surface area (Å²) in [5.41, 5.74) is 2.53. The second kappa shape index (κ2) is 3.26. The molecule has 0 saturated carbocycles. The van der Waals surface area contributed by atoms with Crippen molar-refractivity contribution in [2.24, 2.45) is 5.41 Å². The molecule has 1 heteroatoms. The summed E-state index contributed by atoms with van der Waals surface area (Å²) in [5.74, 6) is 0. The van der Waals surface area contributed by atoms with E-state index in [0.717, 1.165) is 25.5 Å². The molecule has 1 atom stereocenters. The molecule has 0 aromatic rings. The van der Waals surface area contributed by atoms with Crippen LogP contribution in [0.5, 0.6) is 0 Å². The van der Waals surface area contributed by atoms with Crippen molar-refractivity contribution < 1.29 is 4.79 Å². The van der Waals surface area contributed by atoms with Gasteiger partial charge in [-0.25, -0.2) is 0 Å². The lowest BCUT2D eigenvalue weighted by Crippen LogP contribution is -2.23. The van der Waals surface area contributed by atoms with Gasteiger partial charge in [-0.3, -0.25) is 0 Å². The first-order valence-electron chi connectivity index (χ1n) is 4.39. The molecule has 0 aromatic heterocycles. The Hall–Kier alpha value is -0.850. The summed E-state index contributed by atoms with van der Waals surface area (Å²) >= 11 is 0. The Morgan fingerprint density at radius 1 is 1.42 bits per heavy atom. The van der Waals surface area contributed by atoms with Gasteiger partial charge in [0.05, 0.1) is 0 Å². The molecule has 0 bridgehead atoms. The molecule has 0 radical (unpaired) electrons. The van der Waals surface area contributed by atoms with Crippen LogP contribution in [0.2, 0.25) is 0 Å². The molecule has 12 heavy (non-hydrogen) atoms. The summed E-state index contributed by atoms with van der Waals surface area (Å²) in [6, 6.07) is 0. The molecule has 0 heterocycles. The van der Waals surface area contributed by atoms with Crippen molar-refractivity contribution in [3.05, 3.63) is 23.8 Å². The van der Waals surface area contributed by atoms with E-state index in [9.17, 15) is 4.79 Å². The summed E-state index contributed by atoms with van der Waals surface area (Å²) < 4.78 is 0. The molecule has 1 unspecified atom stereocenters. The second-order valence-corrected chi connectivity index (χ2v) is 3.79. The molecule has 0 N–H and O–H groups in total. The zero-order valence-corrected chi connectivity index (χ0v) is 7.89. The van der Waals surface area contributed by atoms with Gasteiger partial charge in [0, 0.05) is 5.41 Å². The van der Waals surface area contributed by atoms with Crippen LogP contribution in [0, 0.1) is 5.41 Å². The van der Waals surface area contributed by atoms with Crippen molar-refractivity contribution in [3.63, 3.8) is 0 Å². The zero-order chi connectivity index (χ0) is 9.19. The summed E-state index contributed by atoms with van der Waals surface area (Å²) in [5, 5.41) is 0. The molecule has 0 spiro atoms. The summed E-state index contributed by atoms with van der Waals surface area (Å²) in [7, 11) is 0. The molecule has 1 aliphatic carbocycles. The van der Waals surface area contributed by atoms with E-state index < -0.39 is 0 Å². The minimum atomic E-state index is -0.260. The quantitative estimate of drug-likeness (QED) is 0.453. The number of carbonyl (C=O) groups excluding carboxylic acids is 1. The van der Waals surface area contributed by atoms with E-state index in [0.29, 0.717) is 0 Å². The maximum absolute atomic E-state index is 10.9. The predicted octanol–water partition coefficient (Wildman–Crippen LogP) is 2.88. The maximum Gasteiger partial charge on any atom is 0.130 e. The third-order valence-corrected chi connectivity index (χ3v) is 2.93. The molecule has 1 nitrogen and oxygen atoms in total. The van der Waals surface area contributed by atoms with Gasteiger partial charge < -0.3 is 4.79 Å². The van der Waals surface area contributed by atoms with Crippen LogP contribution in [0.4, 0.5) is 0 Å². The first kappa shape index (κ1) is 9.24. The average molecular weight is 164 g/mol. The van der Waals surface area contributed by atoms with E-state index in [2.05, 4.69) is 20.4 Å². The van der Waals surface area contributed by atoms with Gasteiger partial charge in [-0.2, -0.15) is 0 Å². The topological polar surface area (TPSA) is 17.1 Å². The Bertz CT molecular complexity index is 227. The van der Waals surface area contributed by atoms with Gasteiger partial charge in [0.25, 0.3) is 0 Å². The number of rotatable bonds is 2. The fraction of sp³-hybridized carbons (Fsp3) is 0.545. The zero-order valence-electron chi connectivity index (χ0n) is 7.89. The summed E-state index contributed by atoms with van der Waals surface area (Å²) in [6.45, 7) is 7.99. The maximum atomic E-state index is 10.9. The van der Waals surface area contributed by atoms with Crippen LogP contribution >= 0.6 is 0 Å². The smallest absolute Gasteiger partial charge is 0.130 e. The minimum absolute atomic E-state index is 0.260. The van der Waals surface area contributed by atoms with Crippen molar-refractivity contribution >= 4 is 6.29 Å². The molecule has 1 rings (SSSR count). The average Bonchev–Trinajstić information content (AvgIpc) is 2.10. The fourth-order valence-corrected chi connectivity index (χ4v) is 1.69. The third-order valence-electron chi connectivity index (χ3n) is 2.93. The van der Waals surface area contributed by atoms with Gasteiger partial charge in [0.2, 0.25) is 0 Å². The van der Waals surface area contributed by atoms with Gasteiger partial charge in [-0.1, -0.05) is 17.2 Å². The van der Waals surface area contributed by atoms with E-state index in [-0.39, 0.29) is 5.41 Å². The summed E-state index contributed by atoms with van der Waals surface area (Å²) in [4.78, 5) is 10.9. The van der Waals surface area contributed by atoms with Crippen molar-refractivity contribution in [1.82, 2.24) is 0 Å². The Morgan fingerprint density at radius 2 is 2.08 bits per heavy atom. The lowest BCUT2D eigenvalue weighted by atomic mass is 9.73. The Labute approximate surface area is 74.2 Å². The molecule has 0 aromatic carbocycles. The summed E-state index contributed by atoms with van der Waals surface area (Å²) in [6.07, 6.45) is 5.69. The van der Waals surface area contributed by atoms with Crippen LogP contribution in [0.15, 0.2) is 23.8 Å². The molecule has 0 fully saturated rings. The highest BCUT2D eigenvalue weighted by atomic mass is 16.1. The molecule has 0 amide bonds. The van der Waals surface area contributed by atoms with Crippen molar-refractivity contribution in [3.8, 4) is 0 Å². The van der Waals surface area contributed by atoms with Gasteiger partial charge in [-0.05, 0) is 33.1 Å². The van der Waals surface area contributed by atoms with Crippen LogP contribution in [0.25, 0.3) is 0 Å². The number of allylic oxidation sites excluding steroid dienone is 3. The highest BCUT2D eigenvalue weighted by molar-refractivity contribution is 5.64. The van der Waals surface area contributed by atoms with Crippen LogP contribution in [0.3, 0.4) is 0 Å². The fourth-order valence-electron chi connectivity index (χ4n) is 1.69. The Kier molecular flexibility index (Phi) is 2.51. The Morgan fingerprint density at radius 3 is 2.50 bits per heavy atom. The Balaban J connectivity index is 2.89. The molecular formula is C11H16O. The predicted molar refractivity (Wildman–Crippen MR) is 50.9 cm³/mol. The molecule has 0 aliphatic heterocycles. The van der Waals surface area contributed by atoms with E-state index in [1.54, 1.807) is 6.08 Å². The lowest BCUT2D eigenvalue weighted by Gasteiger charge is -2.30. The normalized spacial score (nSPS) is 30.2. The molecule has 0 saturated heterocycles. The number of aldehydes is 1.